The lowest BCUT2D eigenvalue weighted by Gasteiger charge is -2.25. The highest BCUT2D eigenvalue weighted by Gasteiger charge is 2.31. The SMILES string of the molecule is NCCCCC(N)C(=O)NC(Cc1ccc(O)cc1)C(=O)NC(Cc1cnc[nH]1)C(=O)NC(CCC(N)=O)C(=O)O. The number of nitrogens with one attached hydrogen (secondary N) is 4. The van der Waals surface area contributed by atoms with Crippen molar-refractivity contribution in [3.05, 3.63) is 48.0 Å². The summed E-state index contributed by atoms with van der Waals surface area (Å²) in [5, 5.41) is 26.7. The minimum absolute atomic E-state index is 0.00212. The molecule has 1 aromatic carbocycles. The number of phenolic OH excluding ortho intramolecular Hbond substituents is 1. The number of nitrogens with two attached hydrogens (primary N) is 3. The van der Waals surface area contributed by atoms with Gasteiger partial charge in [0.15, 0.2) is 0 Å². The summed E-state index contributed by atoms with van der Waals surface area (Å²) in [4.78, 5) is 69.0. The minimum atomic E-state index is -1.44. The summed E-state index contributed by atoms with van der Waals surface area (Å²) in [6.45, 7) is 0.450. The van der Waals surface area contributed by atoms with Gasteiger partial charge in [0.25, 0.3) is 0 Å². The Morgan fingerprint density at radius 3 is 2.05 bits per heavy atom. The number of hydrogen-bond acceptors (Lipinski definition) is 9. The number of carbonyl (C=O) groups excluding carboxylic acids is 4. The second-order valence-corrected chi connectivity index (χ2v) is 9.57. The number of aromatic hydroxyl groups is 1. The van der Waals surface area contributed by atoms with E-state index in [1.807, 2.05) is 0 Å². The van der Waals surface area contributed by atoms with Gasteiger partial charge in [-0.15, -0.1) is 0 Å². The van der Waals surface area contributed by atoms with Crippen LogP contribution >= 0.6 is 0 Å². The van der Waals surface area contributed by atoms with Crippen LogP contribution in [0.15, 0.2) is 36.8 Å². The van der Waals surface area contributed by atoms with Crippen molar-refractivity contribution in [1.82, 2.24) is 25.9 Å². The summed E-state index contributed by atoms with van der Waals surface area (Å²) >= 11 is 0. The van der Waals surface area contributed by atoms with Crippen LogP contribution in [0.25, 0.3) is 0 Å². The summed E-state index contributed by atoms with van der Waals surface area (Å²) in [5.74, 6) is -4.24. The zero-order valence-corrected chi connectivity index (χ0v) is 22.5. The maximum atomic E-state index is 13.5. The topological polar surface area (TPSA) is 269 Å². The second kappa shape index (κ2) is 16.6. The van der Waals surface area contributed by atoms with Crippen LogP contribution in [0.1, 0.15) is 43.4 Å². The Bertz CT molecular complexity index is 1160. The number of carboxylic acid groups (broad SMARTS) is 1. The third-order valence-electron chi connectivity index (χ3n) is 6.22. The van der Waals surface area contributed by atoms with E-state index in [2.05, 4.69) is 25.9 Å². The van der Waals surface area contributed by atoms with E-state index in [0.29, 0.717) is 37.1 Å². The van der Waals surface area contributed by atoms with E-state index in [-0.39, 0.29) is 31.4 Å². The number of primary amides is 1. The fourth-order valence-electron chi connectivity index (χ4n) is 3.91. The van der Waals surface area contributed by atoms with Gasteiger partial charge in [0.05, 0.1) is 12.4 Å². The zero-order chi connectivity index (χ0) is 30.4. The van der Waals surface area contributed by atoms with Crippen molar-refractivity contribution in [1.29, 1.82) is 0 Å². The third-order valence-corrected chi connectivity index (χ3v) is 6.22. The molecule has 0 saturated carbocycles. The standard InChI is InChI=1S/C26H38N8O7/c27-10-2-1-3-18(28)23(37)33-20(11-15-4-6-17(35)7-5-15)24(38)34-21(12-16-13-30-14-31-16)25(39)32-19(26(40)41)8-9-22(29)36/h4-7,13-14,18-21,35H,1-3,8-12,27-28H2,(H2,29,36)(H,30,31)(H,32,39)(H,33,37)(H,34,38)(H,40,41). The number of amides is 4. The van der Waals surface area contributed by atoms with Gasteiger partial charge in [-0.05, 0) is 43.5 Å². The molecule has 224 valence electrons. The Morgan fingerprint density at radius 1 is 0.878 bits per heavy atom. The van der Waals surface area contributed by atoms with Crippen LogP contribution < -0.4 is 33.2 Å². The smallest absolute Gasteiger partial charge is 0.326 e. The van der Waals surface area contributed by atoms with Crippen molar-refractivity contribution in [2.75, 3.05) is 6.54 Å². The van der Waals surface area contributed by atoms with Crippen LogP contribution in [0.5, 0.6) is 5.75 Å². The molecule has 1 heterocycles. The fraction of sp³-hybridized carbons (Fsp3) is 0.462. The average Bonchev–Trinajstić information content (AvgIpc) is 3.44. The maximum absolute atomic E-state index is 13.5. The van der Waals surface area contributed by atoms with E-state index in [1.165, 1.54) is 24.7 Å². The number of nitrogens with zero attached hydrogens (tertiary/aromatic N) is 1. The summed E-state index contributed by atoms with van der Waals surface area (Å²) in [7, 11) is 0. The molecule has 0 aliphatic rings. The van der Waals surface area contributed by atoms with Gasteiger partial charge >= 0.3 is 5.97 Å². The predicted octanol–water partition coefficient (Wildman–Crippen LogP) is -1.84. The molecule has 4 amide bonds. The lowest BCUT2D eigenvalue weighted by Crippen LogP contribution is -2.58. The molecule has 0 aliphatic carbocycles. The molecule has 1 aromatic heterocycles. The molecule has 12 N–H and O–H groups in total. The second-order valence-electron chi connectivity index (χ2n) is 9.57. The number of unbranched alkanes of at least 4 members (excludes halogenated alkanes) is 1. The van der Waals surface area contributed by atoms with E-state index in [1.54, 1.807) is 12.1 Å². The highest BCUT2D eigenvalue weighted by Crippen LogP contribution is 2.12. The molecule has 0 fully saturated rings. The number of aromatic amines is 1. The first-order valence-electron chi connectivity index (χ1n) is 13.1. The molecule has 2 aromatic rings. The Labute approximate surface area is 236 Å². The number of imidazole rings is 1. The number of hydrogen-bond donors (Lipinski definition) is 9. The summed E-state index contributed by atoms with van der Waals surface area (Å²) in [6.07, 6.45) is 3.85. The number of benzene rings is 1. The Hall–Kier alpha value is -4.50. The van der Waals surface area contributed by atoms with Crippen LogP contribution in [0, 0.1) is 0 Å². The quantitative estimate of drug-likeness (QED) is 0.0897. The lowest BCUT2D eigenvalue weighted by atomic mass is 10.0. The normalized spacial score (nSPS) is 13.8. The van der Waals surface area contributed by atoms with Crippen molar-refractivity contribution >= 4 is 29.6 Å². The molecule has 41 heavy (non-hydrogen) atoms. The minimum Gasteiger partial charge on any atom is -0.508 e. The molecule has 0 spiro atoms. The molecule has 15 heteroatoms. The average molecular weight is 575 g/mol. The Morgan fingerprint density at radius 2 is 1.49 bits per heavy atom. The fourth-order valence-corrected chi connectivity index (χ4v) is 3.91. The Kier molecular flexibility index (Phi) is 13.2. The van der Waals surface area contributed by atoms with E-state index in [9.17, 15) is 34.2 Å². The van der Waals surface area contributed by atoms with Gasteiger partial charge in [0.1, 0.15) is 23.9 Å². The van der Waals surface area contributed by atoms with Crippen molar-refractivity contribution in [3.63, 3.8) is 0 Å². The first-order chi connectivity index (χ1) is 19.5. The van der Waals surface area contributed by atoms with Crippen LogP contribution in [0.3, 0.4) is 0 Å². The molecule has 2 rings (SSSR count). The molecule has 15 nitrogen and oxygen atoms in total. The number of aromatic nitrogens is 2. The van der Waals surface area contributed by atoms with Crippen LogP contribution in [-0.4, -0.2) is 80.5 Å². The van der Waals surface area contributed by atoms with Crippen molar-refractivity contribution < 1.29 is 34.2 Å². The zero-order valence-electron chi connectivity index (χ0n) is 22.5. The van der Waals surface area contributed by atoms with E-state index >= 15 is 0 Å². The van der Waals surface area contributed by atoms with Gasteiger partial charge < -0.3 is 48.3 Å². The predicted molar refractivity (Wildman–Crippen MR) is 147 cm³/mol. The van der Waals surface area contributed by atoms with E-state index < -0.39 is 53.8 Å². The van der Waals surface area contributed by atoms with Gasteiger partial charge in [-0.2, -0.15) is 0 Å². The Balaban J connectivity index is 2.26. The monoisotopic (exact) mass is 574 g/mol. The molecule has 0 bridgehead atoms. The molecular weight excluding hydrogens is 536 g/mol. The number of H-pyrrole nitrogens is 1. The van der Waals surface area contributed by atoms with Crippen molar-refractivity contribution in [2.45, 2.75) is 69.1 Å². The van der Waals surface area contributed by atoms with Gasteiger partial charge in [-0.1, -0.05) is 18.6 Å². The molecular formula is C26H38N8O7. The number of carboxylic acids is 1. The van der Waals surface area contributed by atoms with Gasteiger partial charge in [0.2, 0.25) is 23.6 Å². The lowest BCUT2D eigenvalue weighted by molar-refractivity contribution is -0.142. The van der Waals surface area contributed by atoms with Crippen LogP contribution in [0.4, 0.5) is 0 Å². The van der Waals surface area contributed by atoms with Gasteiger partial charge in [-0.25, -0.2) is 9.78 Å². The number of aliphatic carboxylic acids is 1. The van der Waals surface area contributed by atoms with Crippen LogP contribution in [0.2, 0.25) is 0 Å². The van der Waals surface area contributed by atoms with Crippen molar-refractivity contribution in [2.24, 2.45) is 17.2 Å². The number of phenols is 1. The van der Waals surface area contributed by atoms with E-state index in [0.717, 1.165) is 0 Å². The molecule has 4 unspecified atom stereocenters. The molecule has 0 aliphatic heterocycles. The largest absolute Gasteiger partial charge is 0.508 e. The molecule has 0 radical (unpaired) electrons. The summed E-state index contributed by atoms with van der Waals surface area (Å²) in [6, 6.07) is 1.22. The maximum Gasteiger partial charge on any atom is 0.326 e. The highest BCUT2D eigenvalue weighted by molar-refractivity contribution is 5.94. The van der Waals surface area contributed by atoms with Crippen molar-refractivity contribution in [3.8, 4) is 5.75 Å². The highest BCUT2D eigenvalue weighted by atomic mass is 16.4. The third kappa shape index (κ3) is 11.6. The number of carbonyl (C=O) groups is 5. The molecule has 4 atom stereocenters. The van der Waals surface area contributed by atoms with Gasteiger partial charge in [0, 0.05) is 31.2 Å². The first-order valence-corrected chi connectivity index (χ1v) is 13.1. The summed E-state index contributed by atoms with van der Waals surface area (Å²) < 4.78 is 0. The first kappa shape index (κ1) is 32.7. The van der Waals surface area contributed by atoms with E-state index in [4.69, 9.17) is 17.2 Å². The van der Waals surface area contributed by atoms with Gasteiger partial charge in [-0.3, -0.25) is 19.2 Å². The number of rotatable bonds is 18. The van der Waals surface area contributed by atoms with Crippen LogP contribution in [-0.2, 0) is 36.8 Å². The molecule has 0 saturated heterocycles. The summed E-state index contributed by atoms with van der Waals surface area (Å²) in [5.41, 5.74) is 17.7.